The van der Waals surface area contributed by atoms with Gasteiger partial charge in [-0.25, -0.2) is 13.4 Å². The van der Waals surface area contributed by atoms with Gasteiger partial charge in [-0.15, -0.1) is 0 Å². The van der Waals surface area contributed by atoms with Gasteiger partial charge in [-0.3, -0.25) is 4.79 Å². The van der Waals surface area contributed by atoms with E-state index in [0.717, 1.165) is 10.6 Å². The van der Waals surface area contributed by atoms with Crippen molar-refractivity contribution >= 4 is 27.7 Å². The van der Waals surface area contributed by atoms with E-state index in [9.17, 15) is 13.2 Å². The third-order valence-corrected chi connectivity index (χ3v) is 7.77. The highest BCUT2D eigenvalue weighted by Crippen LogP contribution is 2.32. The summed E-state index contributed by atoms with van der Waals surface area (Å²) in [5.74, 6) is 0.112. The van der Waals surface area contributed by atoms with E-state index in [4.69, 9.17) is 0 Å². The first kappa shape index (κ1) is 21.8. The molecule has 1 aliphatic heterocycles. The van der Waals surface area contributed by atoms with Crippen LogP contribution in [-0.2, 0) is 14.8 Å². The molecule has 0 N–H and O–H groups in total. The molecule has 6 nitrogen and oxygen atoms in total. The highest BCUT2D eigenvalue weighted by molar-refractivity contribution is 7.99. The number of aryl methyl sites for hydroxylation is 1. The Labute approximate surface area is 177 Å². The van der Waals surface area contributed by atoms with Crippen LogP contribution in [0.1, 0.15) is 26.3 Å². The number of thioether (sulfide) groups is 1. The van der Waals surface area contributed by atoms with Gasteiger partial charge in [0, 0.05) is 18.8 Å². The summed E-state index contributed by atoms with van der Waals surface area (Å²) in [4.78, 5) is 19.3. The number of rotatable bonds is 6. The van der Waals surface area contributed by atoms with E-state index in [1.165, 1.54) is 16.1 Å². The van der Waals surface area contributed by atoms with Crippen molar-refractivity contribution in [1.29, 1.82) is 0 Å². The van der Waals surface area contributed by atoms with Crippen molar-refractivity contribution in [1.82, 2.24) is 14.2 Å². The summed E-state index contributed by atoms with van der Waals surface area (Å²) in [5.41, 5.74) is 1.00. The molecule has 8 heteroatoms. The van der Waals surface area contributed by atoms with Gasteiger partial charge in [-0.05, 0) is 44.0 Å². The number of nitrogens with zero attached hydrogens (tertiary/aromatic N) is 3. The van der Waals surface area contributed by atoms with Gasteiger partial charge in [-0.1, -0.05) is 49.4 Å². The van der Waals surface area contributed by atoms with Crippen molar-refractivity contribution in [3.05, 3.63) is 54.2 Å². The molecule has 0 saturated carbocycles. The van der Waals surface area contributed by atoms with Crippen molar-refractivity contribution in [2.24, 2.45) is 5.92 Å². The van der Waals surface area contributed by atoms with E-state index in [-0.39, 0.29) is 28.5 Å². The minimum atomic E-state index is -3.70. The highest BCUT2D eigenvalue weighted by Gasteiger charge is 2.47. The molecular formula is C21H27N3O3S2. The van der Waals surface area contributed by atoms with E-state index < -0.39 is 16.2 Å². The molecule has 1 aromatic carbocycles. The first-order valence-electron chi connectivity index (χ1n) is 9.65. The minimum Gasteiger partial charge on any atom is -0.321 e. The molecule has 2 unspecified atom stereocenters. The van der Waals surface area contributed by atoms with Crippen LogP contribution >= 0.6 is 11.8 Å². The van der Waals surface area contributed by atoms with Crippen molar-refractivity contribution in [2.45, 2.75) is 49.8 Å². The van der Waals surface area contributed by atoms with Crippen LogP contribution in [0.4, 0.5) is 0 Å². The molecule has 3 rings (SSSR count). The predicted octanol–water partition coefficient (Wildman–Crippen LogP) is 3.39. The predicted molar refractivity (Wildman–Crippen MR) is 115 cm³/mol. The molecule has 1 amide bonds. The summed E-state index contributed by atoms with van der Waals surface area (Å²) in [6.07, 6.45) is 1.19. The smallest absolute Gasteiger partial charge is 0.244 e. The molecular weight excluding hydrogens is 406 g/mol. The second kappa shape index (κ2) is 8.85. The fourth-order valence-corrected chi connectivity index (χ4v) is 6.15. The summed E-state index contributed by atoms with van der Waals surface area (Å²) in [6.45, 7) is 8.02. The molecule has 2 heterocycles. The number of hydrogen-bond donors (Lipinski definition) is 0. The monoisotopic (exact) mass is 433 g/mol. The van der Waals surface area contributed by atoms with Crippen molar-refractivity contribution in [2.75, 3.05) is 12.3 Å². The van der Waals surface area contributed by atoms with Crippen LogP contribution in [0.15, 0.2) is 58.6 Å². The fraction of sp³-hybridized carbons (Fsp3) is 0.429. The lowest BCUT2D eigenvalue weighted by Crippen LogP contribution is -2.49. The van der Waals surface area contributed by atoms with Crippen LogP contribution in [0.5, 0.6) is 0 Å². The topological polar surface area (TPSA) is 70.6 Å². The number of aromatic nitrogens is 1. The van der Waals surface area contributed by atoms with Crippen LogP contribution in [-0.4, -0.2) is 53.0 Å². The van der Waals surface area contributed by atoms with Crippen molar-refractivity contribution in [3.63, 3.8) is 0 Å². The maximum atomic E-state index is 13.3. The molecule has 0 radical (unpaired) electrons. The van der Waals surface area contributed by atoms with E-state index in [2.05, 4.69) is 4.98 Å². The molecule has 0 aliphatic carbocycles. The summed E-state index contributed by atoms with van der Waals surface area (Å²) in [6, 6.07) is 12.2. The van der Waals surface area contributed by atoms with Crippen LogP contribution < -0.4 is 0 Å². The SMILES string of the molecule is Cc1ccc(S(=O)(=O)N2CC(C)N(C(=O)CSc3ccccn3)C2C(C)C)cc1. The Morgan fingerprint density at radius 1 is 1.21 bits per heavy atom. The molecule has 2 atom stereocenters. The zero-order chi connectivity index (χ0) is 21.2. The van der Waals surface area contributed by atoms with Crippen molar-refractivity contribution in [3.8, 4) is 0 Å². The summed E-state index contributed by atoms with van der Waals surface area (Å²) in [5, 5.41) is 0.776. The van der Waals surface area contributed by atoms with Crippen LogP contribution in [0.25, 0.3) is 0 Å². The molecule has 2 aromatic rings. The number of amides is 1. The van der Waals surface area contributed by atoms with E-state index in [1.807, 2.05) is 45.9 Å². The highest BCUT2D eigenvalue weighted by atomic mass is 32.2. The third kappa shape index (κ3) is 4.65. The number of carbonyl (C=O) groups excluding carboxylic acids is 1. The zero-order valence-electron chi connectivity index (χ0n) is 17.1. The number of sulfonamides is 1. The Morgan fingerprint density at radius 3 is 2.48 bits per heavy atom. The lowest BCUT2D eigenvalue weighted by atomic mass is 10.1. The third-order valence-electron chi connectivity index (χ3n) is 4.99. The average molecular weight is 434 g/mol. The molecule has 0 bridgehead atoms. The number of benzene rings is 1. The maximum absolute atomic E-state index is 13.3. The van der Waals surface area contributed by atoms with Gasteiger partial charge in [0.2, 0.25) is 15.9 Å². The molecule has 1 fully saturated rings. The molecule has 1 saturated heterocycles. The molecule has 1 aromatic heterocycles. The van der Waals surface area contributed by atoms with Gasteiger partial charge >= 0.3 is 0 Å². The van der Waals surface area contributed by atoms with Gasteiger partial charge in [0.05, 0.1) is 15.7 Å². The minimum absolute atomic E-state index is 0.0380. The van der Waals surface area contributed by atoms with Gasteiger partial charge < -0.3 is 4.90 Å². The van der Waals surface area contributed by atoms with Gasteiger partial charge in [0.25, 0.3) is 0 Å². The Morgan fingerprint density at radius 2 is 1.90 bits per heavy atom. The van der Waals surface area contributed by atoms with E-state index in [0.29, 0.717) is 6.54 Å². The molecule has 29 heavy (non-hydrogen) atoms. The number of hydrogen-bond acceptors (Lipinski definition) is 5. The van der Waals surface area contributed by atoms with Crippen molar-refractivity contribution < 1.29 is 13.2 Å². The largest absolute Gasteiger partial charge is 0.321 e. The first-order valence-corrected chi connectivity index (χ1v) is 12.1. The second-order valence-corrected chi connectivity index (χ2v) is 10.5. The zero-order valence-corrected chi connectivity index (χ0v) is 18.8. The summed E-state index contributed by atoms with van der Waals surface area (Å²) < 4.78 is 28.1. The average Bonchev–Trinajstić information content (AvgIpc) is 3.05. The standard InChI is InChI=1S/C21H27N3O3S2/c1-15(2)21-23(29(26,27)18-10-8-16(3)9-11-18)13-17(4)24(21)20(25)14-28-19-7-5-6-12-22-19/h5-12,15,17,21H,13-14H2,1-4H3. The van der Waals surface area contributed by atoms with Gasteiger partial charge in [0.15, 0.2) is 0 Å². The molecule has 0 spiro atoms. The second-order valence-electron chi connectivity index (χ2n) is 7.65. The lowest BCUT2D eigenvalue weighted by Gasteiger charge is -2.33. The van der Waals surface area contributed by atoms with Gasteiger partial charge in [-0.2, -0.15) is 4.31 Å². The maximum Gasteiger partial charge on any atom is 0.244 e. The van der Waals surface area contributed by atoms with Gasteiger partial charge in [0.1, 0.15) is 6.17 Å². The Balaban J connectivity index is 1.84. The first-order chi connectivity index (χ1) is 13.7. The molecule has 156 valence electrons. The Kier molecular flexibility index (Phi) is 6.65. The lowest BCUT2D eigenvalue weighted by molar-refractivity contribution is -0.132. The summed E-state index contributed by atoms with van der Waals surface area (Å²) >= 11 is 1.37. The van der Waals surface area contributed by atoms with E-state index in [1.54, 1.807) is 35.4 Å². The number of pyridine rings is 1. The quantitative estimate of drug-likeness (QED) is 0.653. The van der Waals surface area contributed by atoms with E-state index >= 15 is 0 Å². The Bertz CT molecular complexity index is 947. The van der Waals surface area contributed by atoms with Crippen LogP contribution in [0.3, 0.4) is 0 Å². The normalized spacial score (nSPS) is 20.4. The van der Waals surface area contributed by atoms with Crippen LogP contribution in [0.2, 0.25) is 0 Å². The molecule has 1 aliphatic rings. The fourth-order valence-electron chi connectivity index (χ4n) is 3.63. The summed E-state index contributed by atoms with van der Waals surface area (Å²) in [7, 11) is -3.70. The Hall–Kier alpha value is -1.90. The van der Waals surface area contributed by atoms with Crippen LogP contribution in [0, 0.1) is 12.8 Å². The number of carbonyl (C=O) groups is 1.